The van der Waals surface area contributed by atoms with E-state index in [4.69, 9.17) is 9.84 Å². The van der Waals surface area contributed by atoms with E-state index >= 15 is 0 Å². The Morgan fingerprint density at radius 2 is 2.33 bits per heavy atom. The normalized spacial score (nSPS) is 19.6. The summed E-state index contributed by atoms with van der Waals surface area (Å²) in [6.45, 7) is 0.644. The van der Waals surface area contributed by atoms with Crippen molar-refractivity contribution in [2.24, 2.45) is 0 Å². The van der Waals surface area contributed by atoms with Gasteiger partial charge in [-0.2, -0.15) is 0 Å². The molecule has 0 radical (unpaired) electrons. The van der Waals surface area contributed by atoms with Crippen LogP contribution in [0.2, 0.25) is 0 Å². The second kappa shape index (κ2) is 5.45. The van der Waals surface area contributed by atoms with Gasteiger partial charge in [0.15, 0.2) is 6.04 Å². The van der Waals surface area contributed by atoms with E-state index in [1.807, 2.05) is 0 Å². The Morgan fingerprint density at radius 1 is 1.56 bits per heavy atom. The molecular weight excluding hydrogens is 304 g/mol. The number of nitrogens with zero attached hydrogens (tertiary/aromatic N) is 2. The number of hydrogen-bond acceptors (Lipinski definition) is 4. The summed E-state index contributed by atoms with van der Waals surface area (Å²) in [5.41, 5.74) is 0.407. The lowest BCUT2D eigenvalue weighted by atomic mass is 10.1. The van der Waals surface area contributed by atoms with Crippen molar-refractivity contribution in [3.8, 4) is 0 Å². The number of amides is 1. The summed E-state index contributed by atoms with van der Waals surface area (Å²) in [6.07, 6.45) is 1.49. The maximum Gasteiger partial charge on any atom is 0.328 e. The molecule has 0 aliphatic carbocycles. The number of carbonyl (C=O) groups excluding carboxylic acids is 1. The second-order valence-electron chi connectivity index (χ2n) is 3.79. The molecule has 1 atom stereocenters. The summed E-state index contributed by atoms with van der Waals surface area (Å²) < 4.78 is 5.62. The molecule has 1 amide bonds. The highest BCUT2D eigenvalue weighted by Gasteiger charge is 2.33. The van der Waals surface area contributed by atoms with E-state index < -0.39 is 12.0 Å². The summed E-state index contributed by atoms with van der Waals surface area (Å²) >= 11 is 3.18. The van der Waals surface area contributed by atoms with Crippen LogP contribution >= 0.6 is 15.9 Å². The number of carbonyl (C=O) groups is 2. The number of pyridine rings is 1. The van der Waals surface area contributed by atoms with Crippen LogP contribution < -0.4 is 0 Å². The largest absolute Gasteiger partial charge is 0.480 e. The number of halogens is 1. The summed E-state index contributed by atoms with van der Waals surface area (Å²) in [5.74, 6) is -1.38. The maximum absolute atomic E-state index is 12.2. The average Bonchev–Trinajstić information content (AvgIpc) is 2.38. The SMILES string of the molecule is O=C(O)C1COCCN1C(=O)c1ccnc(Br)c1. The minimum Gasteiger partial charge on any atom is -0.480 e. The van der Waals surface area contributed by atoms with E-state index in [0.717, 1.165) is 0 Å². The van der Waals surface area contributed by atoms with Gasteiger partial charge in [0.25, 0.3) is 5.91 Å². The Kier molecular flexibility index (Phi) is 3.93. The van der Waals surface area contributed by atoms with Crippen LogP contribution in [0.4, 0.5) is 0 Å². The van der Waals surface area contributed by atoms with Crippen LogP contribution in [0.25, 0.3) is 0 Å². The first-order valence-corrected chi connectivity index (χ1v) is 6.12. The zero-order chi connectivity index (χ0) is 13.1. The van der Waals surface area contributed by atoms with Crippen molar-refractivity contribution < 1.29 is 19.4 Å². The van der Waals surface area contributed by atoms with Crippen LogP contribution in [0.15, 0.2) is 22.9 Å². The highest BCUT2D eigenvalue weighted by Crippen LogP contribution is 2.15. The molecule has 18 heavy (non-hydrogen) atoms. The van der Waals surface area contributed by atoms with Gasteiger partial charge in [0, 0.05) is 18.3 Å². The first-order chi connectivity index (χ1) is 8.59. The number of carboxylic acid groups (broad SMARTS) is 1. The summed E-state index contributed by atoms with van der Waals surface area (Å²) in [5, 5.41) is 9.06. The smallest absolute Gasteiger partial charge is 0.328 e. The lowest BCUT2D eigenvalue weighted by Crippen LogP contribution is -2.52. The molecule has 1 aliphatic rings. The van der Waals surface area contributed by atoms with Gasteiger partial charge >= 0.3 is 5.97 Å². The molecule has 6 nitrogen and oxygen atoms in total. The third-order valence-corrected chi connectivity index (χ3v) is 3.08. The van der Waals surface area contributed by atoms with Crippen molar-refractivity contribution in [2.75, 3.05) is 19.8 Å². The van der Waals surface area contributed by atoms with Gasteiger partial charge in [0.05, 0.1) is 13.2 Å². The van der Waals surface area contributed by atoms with E-state index in [1.54, 1.807) is 12.1 Å². The Bertz CT molecular complexity index is 480. The van der Waals surface area contributed by atoms with Crippen LogP contribution in [-0.4, -0.2) is 52.7 Å². The second-order valence-corrected chi connectivity index (χ2v) is 4.61. The molecular formula is C11H11BrN2O4. The van der Waals surface area contributed by atoms with Gasteiger partial charge in [0.2, 0.25) is 0 Å². The molecule has 96 valence electrons. The Morgan fingerprint density at radius 3 is 3.00 bits per heavy atom. The van der Waals surface area contributed by atoms with Crippen molar-refractivity contribution in [3.05, 3.63) is 28.5 Å². The molecule has 2 heterocycles. The molecule has 0 spiro atoms. The van der Waals surface area contributed by atoms with Crippen LogP contribution in [-0.2, 0) is 9.53 Å². The van der Waals surface area contributed by atoms with Gasteiger partial charge in [-0.1, -0.05) is 0 Å². The van der Waals surface area contributed by atoms with Gasteiger partial charge < -0.3 is 14.7 Å². The molecule has 0 aromatic carbocycles. The van der Waals surface area contributed by atoms with Crippen molar-refractivity contribution >= 4 is 27.8 Å². The first-order valence-electron chi connectivity index (χ1n) is 5.32. The Hall–Kier alpha value is -1.47. The fourth-order valence-corrected chi connectivity index (χ4v) is 2.12. The number of hydrogen-bond donors (Lipinski definition) is 1. The van der Waals surface area contributed by atoms with Crippen LogP contribution in [0.1, 0.15) is 10.4 Å². The number of carboxylic acids is 1. The molecule has 7 heteroatoms. The summed E-state index contributed by atoms with van der Waals surface area (Å²) in [7, 11) is 0. The zero-order valence-electron chi connectivity index (χ0n) is 9.38. The molecule has 1 saturated heterocycles. The van der Waals surface area contributed by atoms with Crippen molar-refractivity contribution in [2.45, 2.75) is 6.04 Å². The van der Waals surface area contributed by atoms with Gasteiger partial charge in [-0.15, -0.1) is 0 Å². The van der Waals surface area contributed by atoms with Gasteiger partial charge in [-0.05, 0) is 28.1 Å². The summed E-state index contributed by atoms with van der Waals surface area (Å²) in [4.78, 5) is 28.5. The first kappa shape index (κ1) is 13.0. The van der Waals surface area contributed by atoms with E-state index in [1.165, 1.54) is 11.1 Å². The zero-order valence-corrected chi connectivity index (χ0v) is 11.0. The predicted molar refractivity (Wildman–Crippen MR) is 65.2 cm³/mol. The molecule has 0 bridgehead atoms. The van der Waals surface area contributed by atoms with Crippen LogP contribution in [0.5, 0.6) is 0 Å². The molecule has 1 aromatic rings. The number of aromatic nitrogens is 1. The van der Waals surface area contributed by atoms with E-state index in [2.05, 4.69) is 20.9 Å². The van der Waals surface area contributed by atoms with Crippen LogP contribution in [0.3, 0.4) is 0 Å². The van der Waals surface area contributed by atoms with Crippen molar-refractivity contribution in [1.29, 1.82) is 0 Å². The molecule has 0 saturated carbocycles. The van der Waals surface area contributed by atoms with E-state index in [0.29, 0.717) is 16.8 Å². The monoisotopic (exact) mass is 314 g/mol. The number of rotatable bonds is 2. The molecule has 2 rings (SSSR count). The minimum absolute atomic E-state index is 0.0212. The van der Waals surface area contributed by atoms with Gasteiger partial charge in [-0.25, -0.2) is 9.78 Å². The average molecular weight is 315 g/mol. The lowest BCUT2D eigenvalue weighted by molar-refractivity contribution is -0.147. The van der Waals surface area contributed by atoms with Gasteiger partial charge in [-0.3, -0.25) is 4.79 Å². The number of morpholine rings is 1. The lowest BCUT2D eigenvalue weighted by Gasteiger charge is -2.32. The van der Waals surface area contributed by atoms with E-state index in [-0.39, 0.29) is 19.1 Å². The quantitative estimate of drug-likeness (QED) is 0.816. The van der Waals surface area contributed by atoms with E-state index in [9.17, 15) is 9.59 Å². The maximum atomic E-state index is 12.2. The topological polar surface area (TPSA) is 79.7 Å². The third-order valence-electron chi connectivity index (χ3n) is 2.65. The Labute approximate surface area is 112 Å². The number of ether oxygens (including phenoxy) is 1. The predicted octanol–water partition coefficient (Wildman–Crippen LogP) is 0.770. The molecule has 1 aliphatic heterocycles. The standard InChI is InChI=1S/C11H11BrN2O4/c12-9-5-7(1-2-13-9)10(15)14-3-4-18-6-8(14)11(16)17/h1-2,5,8H,3-4,6H2,(H,16,17). The number of aliphatic carboxylic acids is 1. The highest BCUT2D eigenvalue weighted by molar-refractivity contribution is 9.10. The van der Waals surface area contributed by atoms with Crippen molar-refractivity contribution in [1.82, 2.24) is 9.88 Å². The van der Waals surface area contributed by atoms with Crippen molar-refractivity contribution in [3.63, 3.8) is 0 Å². The fraction of sp³-hybridized carbons (Fsp3) is 0.364. The van der Waals surface area contributed by atoms with Gasteiger partial charge in [0.1, 0.15) is 4.60 Å². The Balaban J connectivity index is 2.23. The van der Waals surface area contributed by atoms with Crippen LogP contribution in [0, 0.1) is 0 Å². The third kappa shape index (κ3) is 2.68. The fourth-order valence-electron chi connectivity index (χ4n) is 1.75. The molecule has 1 fully saturated rings. The molecule has 1 unspecified atom stereocenters. The molecule has 1 aromatic heterocycles. The minimum atomic E-state index is -1.06. The summed E-state index contributed by atoms with van der Waals surface area (Å²) in [6, 6.07) is 2.19. The highest BCUT2D eigenvalue weighted by atomic mass is 79.9. The molecule has 1 N–H and O–H groups in total.